The fourth-order valence-corrected chi connectivity index (χ4v) is 9.94. The van der Waals surface area contributed by atoms with Crippen LogP contribution >= 0.6 is 11.6 Å². The zero-order valence-corrected chi connectivity index (χ0v) is 26.8. The van der Waals surface area contributed by atoms with Crippen LogP contribution in [-0.4, -0.2) is 64.6 Å². The number of hydrogen-bond donors (Lipinski definition) is 1. The first-order valence-corrected chi connectivity index (χ1v) is 17.5. The highest BCUT2D eigenvalue weighted by Crippen LogP contribution is 2.50. The summed E-state index contributed by atoms with van der Waals surface area (Å²) in [4.78, 5) is 15.9. The number of aryl methyl sites for hydroxylation is 1. The number of ether oxygens (including phenoxy) is 2. The number of carbonyl (C=O) groups is 1. The Bertz CT molecular complexity index is 1530. The second-order valence-electron chi connectivity index (χ2n) is 13.7. The van der Waals surface area contributed by atoms with Crippen LogP contribution in [-0.2, 0) is 26.8 Å². The summed E-state index contributed by atoms with van der Waals surface area (Å²) in [6.45, 7) is 4.06. The number of amides is 1. The molecule has 43 heavy (non-hydrogen) atoms. The number of carbonyl (C=O) groups excluding carboxylic acids is 1. The van der Waals surface area contributed by atoms with Gasteiger partial charge in [-0.25, -0.2) is 4.72 Å². The van der Waals surface area contributed by atoms with Crippen molar-refractivity contribution in [1.29, 1.82) is 0 Å². The topological polar surface area (TPSA) is 88.2 Å². The van der Waals surface area contributed by atoms with E-state index in [1.807, 2.05) is 32.2 Å². The highest BCUT2D eigenvalue weighted by Gasteiger charge is 2.49. The molecule has 8 rings (SSSR count). The van der Waals surface area contributed by atoms with Crippen molar-refractivity contribution in [3.8, 4) is 5.75 Å². The predicted molar refractivity (Wildman–Crippen MR) is 167 cm³/mol. The van der Waals surface area contributed by atoms with Crippen molar-refractivity contribution >= 4 is 33.4 Å². The molecule has 1 N–H and O–H groups in total. The number of methoxy groups -OCH3 is 1. The lowest BCUT2D eigenvalue weighted by Crippen LogP contribution is -2.54. The quantitative estimate of drug-likeness (QED) is 0.468. The maximum Gasteiger partial charge on any atom is 0.304 e. The molecule has 5 atom stereocenters. The van der Waals surface area contributed by atoms with Crippen molar-refractivity contribution in [2.45, 2.75) is 69.4 Å². The molecule has 1 amide bonds. The Balaban J connectivity index is 1.30. The molecule has 0 saturated heterocycles. The molecule has 3 aliphatic carbocycles. The largest absolute Gasteiger partial charge is 0.490 e. The molecule has 8 nitrogen and oxygen atoms in total. The normalized spacial score (nSPS) is 35.3. The first kappa shape index (κ1) is 29.4. The fraction of sp³-hybridized carbons (Fsp3) is 0.606. The van der Waals surface area contributed by atoms with Crippen LogP contribution in [0.2, 0.25) is 5.02 Å². The summed E-state index contributed by atoms with van der Waals surface area (Å²) >= 11 is 6.42. The van der Waals surface area contributed by atoms with E-state index >= 15 is 0 Å². The molecule has 0 unspecified atom stereocenters. The third kappa shape index (κ3) is 5.04. The average molecular weight is 628 g/mol. The third-order valence-corrected chi connectivity index (χ3v) is 13.2. The van der Waals surface area contributed by atoms with E-state index in [0.717, 1.165) is 74.5 Å². The molecular formula is C33H42ClN3O5S. The Morgan fingerprint density at radius 2 is 1.91 bits per heavy atom. The standard InChI is InChI=1S/C33H42ClN3O5S/c1-20-24-13-25(14-24)31(41-3)27-9-6-23(27)17-37-18-33(12-4-5-21-15-26(34)8-10-28(21)33)19-42-30-11-7-22(16-29(30)37)32(38)35-43(39,40)36(20)2/h7-8,10-11,15-16,20,23-25,27,31H,4-6,9,12-14,17-19H2,1-3H3,(H,35,38)/t20-,23-,24?,25?,27+,31-,33-/m0/s1. The van der Waals surface area contributed by atoms with Gasteiger partial charge in [0.25, 0.3) is 5.91 Å². The second-order valence-corrected chi connectivity index (χ2v) is 15.8. The molecule has 2 saturated carbocycles. The number of rotatable bonds is 1. The summed E-state index contributed by atoms with van der Waals surface area (Å²) in [7, 11) is -0.627. The highest BCUT2D eigenvalue weighted by molar-refractivity contribution is 7.87. The van der Waals surface area contributed by atoms with Crippen LogP contribution in [0.1, 0.15) is 66.9 Å². The van der Waals surface area contributed by atoms with Crippen LogP contribution in [0.3, 0.4) is 0 Å². The average Bonchev–Trinajstić information content (AvgIpc) is 3.09. The van der Waals surface area contributed by atoms with Gasteiger partial charge in [0.1, 0.15) is 5.75 Å². The molecule has 4 bridgehead atoms. The zero-order chi connectivity index (χ0) is 30.1. The van der Waals surface area contributed by atoms with Crippen molar-refractivity contribution in [2.75, 3.05) is 38.8 Å². The molecule has 232 valence electrons. The van der Waals surface area contributed by atoms with E-state index in [9.17, 15) is 13.2 Å². The van der Waals surface area contributed by atoms with Crippen molar-refractivity contribution in [1.82, 2.24) is 9.03 Å². The number of anilines is 1. The Morgan fingerprint density at radius 1 is 1.09 bits per heavy atom. The van der Waals surface area contributed by atoms with Gasteiger partial charge in [0, 0.05) is 49.3 Å². The van der Waals surface area contributed by atoms with Crippen LogP contribution in [0.25, 0.3) is 0 Å². The summed E-state index contributed by atoms with van der Waals surface area (Å²) in [5.74, 6) is 1.66. The second kappa shape index (κ2) is 10.9. The minimum atomic E-state index is -4.03. The van der Waals surface area contributed by atoms with Gasteiger partial charge in [-0.05, 0) is 117 Å². The fourth-order valence-electron chi connectivity index (χ4n) is 8.64. The first-order valence-electron chi connectivity index (χ1n) is 15.7. The lowest BCUT2D eigenvalue weighted by molar-refractivity contribution is -0.0901. The minimum absolute atomic E-state index is 0.164. The molecule has 3 aliphatic heterocycles. The predicted octanol–water partition coefficient (Wildman–Crippen LogP) is 5.19. The Kier molecular flexibility index (Phi) is 7.47. The number of nitrogens with zero attached hydrogens (tertiary/aromatic N) is 2. The Labute approximate surface area is 260 Å². The molecule has 3 heterocycles. The van der Waals surface area contributed by atoms with E-state index in [-0.39, 0.29) is 23.5 Å². The van der Waals surface area contributed by atoms with Crippen molar-refractivity contribution < 1.29 is 22.7 Å². The van der Waals surface area contributed by atoms with Gasteiger partial charge in [0.15, 0.2) is 0 Å². The van der Waals surface area contributed by atoms with Crippen LogP contribution in [0.5, 0.6) is 5.75 Å². The summed E-state index contributed by atoms with van der Waals surface area (Å²) in [5, 5.41) is 0.755. The van der Waals surface area contributed by atoms with Crippen LogP contribution in [0.4, 0.5) is 5.69 Å². The number of fused-ring (bicyclic) bond motifs is 6. The van der Waals surface area contributed by atoms with E-state index in [1.165, 1.54) is 15.4 Å². The molecule has 0 radical (unpaired) electrons. The van der Waals surface area contributed by atoms with Crippen molar-refractivity contribution in [3.05, 3.63) is 58.1 Å². The lowest BCUT2D eigenvalue weighted by atomic mass is 9.60. The minimum Gasteiger partial charge on any atom is -0.490 e. The molecule has 2 aromatic carbocycles. The van der Waals surface area contributed by atoms with Gasteiger partial charge in [-0.15, -0.1) is 0 Å². The summed E-state index contributed by atoms with van der Waals surface area (Å²) in [6, 6.07) is 11.4. The van der Waals surface area contributed by atoms with Gasteiger partial charge in [-0.3, -0.25) is 4.79 Å². The van der Waals surface area contributed by atoms with Gasteiger partial charge in [-0.2, -0.15) is 12.7 Å². The Morgan fingerprint density at radius 3 is 2.65 bits per heavy atom. The number of hydrogen-bond acceptors (Lipinski definition) is 6. The van der Waals surface area contributed by atoms with E-state index in [0.29, 0.717) is 29.9 Å². The van der Waals surface area contributed by atoms with E-state index in [4.69, 9.17) is 21.1 Å². The Hall–Kier alpha value is -2.33. The van der Waals surface area contributed by atoms with Crippen LogP contribution in [0, 0.1) is 23.7 Å². The van der Waals surface area contributed by atoms with Crippen LogP contribution in [0.15, 0.2) is 36.4 Å². The molecule has 2 aromatic rings. The summed E-state index contributed by atoms with van der Waals surface area (Å²) in [6.07, 6.45) is 7.36. The van der Waals surface area contributed by atoms with Crippen molar-refractivity contribution in [3.63, 3.8) is 0 Å². The van der Waals surface area contributed by atoms with Gasteiger partial charge >= 0.3 is 10.2 Å². The molecular weight excluding hydrogens is 586 g/mol. The molecule has 0 aromatic heterocycles. The smallest absolute Gasteiger partial charge is 0.304 e. The maximum atomic E-state index is 13.4. The van der Waals surface area contributed by atoms with E-state index in [2.05, 4.69) is 21.8 Å². The third-order valence-electron chi connectivity index (χ3n) is 11.5. The molecule has 10 heteroatoms. The highest BCUT2D eigenvalue weighted by atomic mass is 35.5. The van der Waals surface area contributed by atoms with E-state index in [1.54, 1.807) is 13.1 Å². The van der Waals surface area contributed by atoms with Gasteiger partial charge in [0.2, 0.25) is 0 Å². The van der Waals surface area contributed by atoms with E-state index < -0.39 is 16.1 Å². The number of benzene rings is 2. The molecule has 6 aliphatic rings. The zero-order valence-electron chi connectivity index (χ0n) is 25.2. The van der Waals surface area contributed by atoms with Gasteiger partial charge in [-0.1, -0.05) is 17.7 Å². The van der Waals surface area contributed by atoms with Crippen LogP contribution < -0.4 is 14.4 Å². The molecule has 2 fully saturated rings. The number of nitrogens with one attached hydrogen (secondary N) is 1. The van der Waals surface area contributed by atoms with Gasteiger partial charge in [0.05, 0.1) is 18.4 Å². The summed E-state index contributed by atoms with van der Waals surface area (Å²) in [5.41, 5.74) is 3.51. The lowest BCUT2D eigenvalue weighted by Gasteiger charge is -2.51. The molecule has 1 spiro atoms. The summed E-state index contributed by atoms with van der Waals surface area (Å²) < 4.78 is 43.1. The SMILES string of the molecule is CO[C@H]1C2CC(C2)[C@H](C)N(C)S(=O)(=O)NC(=O)c2ccc3c(c2)N(C[C@@H]2CC[C@H]21)C[C@@]1(CCCc2cc(Cl)ccc21)CO3. The van der Waals surface area contributed by atoms with Crippen molar-refractivity contribution in [2.24, 2.45) is 23.7 Å². The maximum absolute atomic E-state index is 13.4. The number of halogens is 1. The first-order chi connectivity index (χ1) is 20.6. The monoisotopic (exact) mass is 627 g/mol. The van der Waals surface area contributed by atoms with Gasteiger partial charge < -0.3 is 14.4 Å².